The Balaban J connectivity index is 2.12. The van der Waals surface area contributed by atoms with Crippen LogP contribution in [-0.4, -0.2) is 21.6 Å². The lowest BCUT2D eigenvalue weighted by molar-refractivity contribution is -0.384. The Morgan fingerprint density at radius 3 is 2.80 bits per heavy atom. The standard InChI is InChI=1S/C11H10F2N4O3/c1-6-15-9(20-16-6)4-5-14-11-8(17(18)19)3-2-7(12)10(11)13/h2-3,14H,4-5H2,1H3. The molecule has 0 amide bonds. The van der Waals surface area contributed by atoms with E-state index in [9.17, 15) is 18.9 Å². The molecular formula is C11H10F2N4O3. The number of hydrogen-bond donors (Lipinski definition) is 1. The zero-order valence-electron chi connectivity index (χ0n) is 10.4. The molecule has 0 radical (unpaired) electrons. The van der Waals surface area contributed by atoms with E-state index in [1.54, 1.807) is 6.92 Å². The van der Waals surface area contributed by atoms with E-state index in [-0.39, 0.29) is 13.0 Å². The molecule has 1 aromatic carbocycles. The minimum atomic E-state index is -1.29. The molecule has 0 spiro atoms. The van der Waals surface area contributed by atoms with Crippen LogP contribution in [0, 0.1) is 28.7 Å². The molecule has 1 aromatic heterocycles. The Labute approximate surface area is 111 Å². The van der Waals surface area contributed by atoms with Gasteiger partial charge in [-0.05, 0) is 13.0 Å². The summed E-state index contributed by atoms with van der Waals surface area (Å²) in [6.45, 7) is 1.72. The van der Waals surface area contributed by atoms with Gasteiger partial charge in [0.15, 0.2) is 23.1 Å². The fourth-order valence-electron chi connectivity index (χ4n) is 1.60. The number of aromatic nitrogens is 2. The number of nitrogens with one attached hydrogen (secondary N) is 1. The van der Waals surface area contributed by atoms with E-state index < -0.39 is 27.9 Å². The summed E-state index contributed by atoms with van der Waals surface area (Å²) >= 11 is 0. The molecule has 0 bridgehead atoms. The summed E-state index contributed by atoms with van der Waals surface area (Å²) < 4.78 is 31.5. The Hall–Kier alpha value is -2.58. The van der Waals surface area contributed by atoms with Gasteiger partial charge in [0.2, 0.25) is 5.89 Å². The van der Waals surface area contributed by atoms with Crippen LogP contribution in [0.5, 0.6) is 0 Å². The Bertz CT molecular complexity index is 645. The van der Waals surface area contributed by atoms with Crippen LogP contribution < -0.4 is 5.32 Å². The predicted molar refractivity (Wildman–Crippen MR) is 64.2 cm³/mol. The van der Waals surface area contributed by atoms with Crippen LogP contribution in [0.1, 0.15) is 11.7 Å². The molecule has 0 unspecified atom stereocenters. The summed E-state index contributed by atoms with van der Waals surface area (Å²) in [5, 5.41) is 16.8. The monoisotopic (exact) mass is 284 g/mol. The number of nitrogens with zero attached hydrogens (tertiary/aromatic N) is 3. The molecule has 0 fully saturated rings. The number of halogens is 2. The lowest BCUT2D eigenvalue weighted by Gasteiger charge is -2.07. The quantitative estimate of drug-likeness (QED) is 0.668. The summed E-state index contributed by atoms with van der Waals surface area (Å²) in [5.74, 6) is -1.70. The predicted octanol–water partition coefficient (Wildman–Crippen LogP) is 2.22. The van der Waals surface area contributed by atoms with Crippen molar-refractivity contribution in [3.8, 4) is 0 Å². The molecule has 2 rings (SSSR count). The third-order valence-electron chi connectivity index (χ3n) is 2.48. The highest BCUT2D eigenvalue weighted by Gasteiger charge is 2.21. The van der Waals surface area contributed by atoms with Crippen molar-refractivity contribution in [1.29, 1.82) is 0 Å². The highest BCUT2D eigenvalue weighted by Crippen LogP contribution is 2.28. The van der Waals surface area contributed by atoms with Crippen molar-refractivity contribution in [2.24, 2.45) is 0 Å². The van der Waals surface area contributed by atoms with Crippen LogP contribution >= 0.6 is 0 Å². The second-order valence-electron chi connectivity index (χ2n) is 3.92. The van der Waals surface area contributed by atoms with E-state index >= 15 is 0 Å². The third kappa shape index (κ3) is 2.87. The zero-order chi connectivity index (χ0) is 14.7. The highest BCUT2D eigenvalue weighted by atomic mass is 19.2. The van der Waals surface area contributed by atoms with Gasteiger partial charge in [0.05, 0.1) is 4.92 Å². The minimum Gasteiger partial charge on any atom is -0.376 e. The molecule has 20 heavy (non-hydrogen) atoms. The van der Waals surface area contributed by atoms with Gasteiger partial charge in [0.25, 0.3) is 5.69 Å². The van der Waals surface area contributed by atoms with Gasteiger partial charge in [-0.3, -0.25) is 10.1 Å². The SMILES string of the molecule is Cc1noc(CCNc2c([N+](=O)[O-])ccc(F)c2F)n1. The average Bonchev–Trinajstić information content (AvgIpc) is 2.80. The normalized spacial score (nSPS) is 10.6. The number of nitro benzene ring substituents is 1. The van der Waals surface area contributed by atoms with Crippen molar-refractivity contribution >= 4 is 11.4 Å². The summed E-state index contributed by atoms with van der Waals surface area (Å²) in [6.07, 6.45) is 0.230. The van der Waals surface area contributed by atoms with Gasteiger partial charge < -0.3 is 9.84 Å². The summed E-state index contributed by atoms with van der Waals surface area (Å²) in [7, 11) is 0. The maximum atomic E-state index is 13.6. The molecule has 7 nitrogen and oxygen atoms in total. The molecule has 9 heteroatoms. The van der Waals surface area contributed by atoms with E-state index in [1.807, 2.05) is 0 Å². The average molecular weight is 284 g/mol. The van der Waals surface area contributed by atoms with E-state index in [2.05, 4.69) is 15.5 Å². The topological polar surface area (TPSA) is 94.1 Å². The molecule has 1 N–H and O–H groups in total. The highest BCUT2D eigenvalue weighted by molar-refractivity contribution is 5.62. The second-order valence-corrected chi connectivity index (χ2v) is 3.92. The second kappa shape index (κ2) is 5.59. The first-order valence-electron chi connectivity index (χ1n) is 5.64. The summed E-state index contributed by atoms with van der Waals surface area (Å²) in [4.78, 5) is 13.9. The van der Waals surface area contributed by atoms with Crippen LogP contribution in [0.15, 0.2) is 16.7 Å². The van der Waals surface area contributed by atoms with Gasteiger partial charge in [-0.15, -0.1) is 0 Å². The smallest absolute Gasteiger partial charge is 0.295 e. The molecule has 0 atom stereocenters. The molecule has 0 saturated carbocycles. The van der Waals surface area contributed by atoms with Gasteiger partial charge in [0.1, 0.15) is 0 Å². The van der Waals surface area contributed by atoms with Gasteiger partial charge in [-0.25, -0.2) is 8.78 Å². The number of nitro groups is 1. The van der Waals surface area contributed by atoms with Crippen LogP contribution in [0.25, 0.3) is 0 Å². The van der Waals surface area contributed by atoms with Crippen molar-refractivity contribution in [2.75, 3.05) is 11.9 Å². The first-order valence-corrected chi connectivity index (χ1v) is 5.64. The van der Waals surface area contributed by atoms with Gasteiger partial charge in [-0.2, -0.15) is 4.98 Å². The van der Waals surface area contributed by atoms with E-state index in [4.69, 9.17) is 4.52 Å². The largest absolute Gasteiger partial charge is 0.376 e. The molecule has 1 heterocycles. The van der Waals surface area contributed by atoms with Gasteiger partial charge >= 0.3 is 0 Å². The van der Waals surface area contributed by atoms with Crippen LogP contribution in [0.3, 0.4) is 0 Å². The fourth-order valence-corrected chi connectivity index (χ4v) is 1.60. The molecule has 0 aliphatic heterocycles. The molecule has 0 aliphatic carbocycles. The Morgan fingerprint density at radius 1 is 1.45 bits per heavy atom. The van der Waals surface area contributed by atoms with Crippen molar-refractivity contribution in [1.82, 2.24) is 10.1 Å². The summed E-state index contributed by atoms with van der Waals surface area (Å²) in [5.41, 5.74) is -1.03. The minimum absolute atomic E-state index is 0.0862. The van der Waals surface area contributed by atoms with Crippen molar-refractivity contribution < 1.29 is 18.2 Å². The van der Waals surface area contributed by atoms with Gasteiger partial charge in [0, 0.05) is 19.0 Å². The van der Waals surface area contributed by atoms with E-state index in [0.717, 1.165) is 6.07 Å². The Morgan fingerprint density at radius 2 is 2.20 bits per heavy atom. The molecule has 0 saturated heterocycles. The maximum absolute atomic E-state index is 13.6. The van der Waals surface area contributed by atoms with Crippen LogP contribution in [0.4, 0.5) is 20.2 Å². The van der Waals surface area contributed by atoms with Crippen molar-refractivity contribution in [3.63, 3.8) is 0 Å². The third-order valence-corrected chi connectivity index (χ3v) is 2.48. The number of benzene rings is 1. The van der Waals surface area contributed by atoms with Crippen LogP contribution in [0.2, 0.25) is 0 Å². The molecule has 0 aliphatic rings. The van der Waals surface area contributed by atoms with E-state index in [0.29, 0.717) is 17.8 Å². The first kappa shape index (κ1) is 13.8. The van der Waals surface area contributed by atoms with Gasteiger partial charge in [-0.1, -0.05) is 5.16 Å². The lowest BCUT2D eigenvalue weighted by atomic mass is 10.2. The fraction of sp³-hybridized carbons (Fsp3) is 0.273. The Kier molecular flexibility index (Phi) is 3.87. The number of hydrogen-bond acceptors (Lipinski definition) is 6. The zero-order valence-corrected chi connectivity index (χ0v) is 10.4. The first-order chi connectivity index (χ1) is 9.49. The maximum Gasteiger partial charge on any atom is 0.295 e. The van der Waals surface area contributed by atoms with E-state index in [1.165, 1.54) is 0 Å². The molecular weight excluding hydrogens is 274 g/mol. The van der Waals surface area contributed by atoms with Crippen molar-refractivity contribution in [3.05, 3.63) is 45.6 Å². The summed E-state index contributed by atoms with van der Waals surface area (Å²) in [6, 6.07) is 1.61. The molecule has 2 aromatic rings. The number of aryl methyl sites for hydroxylation is 1. The van der Waals surface area contributed by atoms with Crippen molar-refractivity contribution in [2.45, 2.75) is 13.3 Å². The molecule has 106 valence electrons. The number of rotatable bonds is 5. The van der Waals surface area contributed by atoms with Crippen LogP contribution in [-0.2, 0) is 6.42 Å². The lowest BCUT2D eigenvalue weighted by Crippen LogP contribution is -2.09. The number of anilines is 1.